The summed E-state index contributed by atoms with van der Waals surface area (Å²) >= 11 is 0. The molecule has 18 heavy (non-hydrogen) atoms. The topological polar surface area (TPSA) is 60.0 Å². The monoisotopic (exact) mass is 241 g/mol. The van der Waals surface area contributed by atoms with Crippen molar-refractivity contribution >= 4 is 5.69 Å². The van der Waals surface area contributed by atoms with Gasteiger partial charge in [-0.3, -0.25) is 0 Å². The molecule has 1 aromatic carbocycles. The van der Waals surface area contributed by atoms with Crippen molar-refractivity contribution in [1.82, 2.24) is 0 Å². The first-order valence-electron chi connectivity index (χ1n) is 6.02. The maximum atomic E-state index is 9.18. The minimum absolute atomic E-state index is 0.470. The van der Waals surface area contributed by atoms with Gasteiger partial charge in [0.2, 0.25) is 0 Å². The number of ether oxygens (including phenoxy) is 1. The summed E-state index contributed by atoms with van der Waals surface area (Å²) in [6.45, 7) is 0.670. The fraction of sp³-hybridized carbons (Fsp3) is 0.429. The number of nitriles is 2. The predicted molar refractivity (Wildman–Crippen MR) is 68.3 cm³/mol. The van der Waals surface area contributed by atoms with Crippen LogP contribution >= 0.6 is 0 Å². The van der Waals surface area contributed by atoms with Gasteiger partial charge in [0.05, 0.1) is 30.9 Å². The zero-order valence-corrected chi connectivity index (χ0v) is 10.4. The van der Waals surface area contributed by atoms with Crippen LogP contribution in [0.3, 0.4) is 0 Å². The first kappa shape index (κ1) is 12.3. The largest absolute Gasteiger partial charge is 0.497 e. The quantitative estimate of drug-likeness (QED) is 0.794. The van der Waals surface area contributed by atoms with E-state index in [1.54, 1.807) is 19.2 Å². The van der Waals surface area contributed by atoms with Gasteiger partial charge in [-0.05, 0) is 25.0 Å². The summed E-state index contributed by atoms with van der Waals surface area (Å²) in [6, 6.07) is 10.3. The second-order valence-electron chi connectivity index (χ2n) is 4.33. The molecule has 0 unspecified atom stereocenters. The zero-order valence-electron chi connectivity index (χ0n) is 10.4. The Labute approximate surface area is 107 Å². The van der Waals surface area contributed by atoms with Crippen molar-refractivity contribution < 1.29 is 4.74 Å². The number of benzene rings is 1. The molecule has 0 N–H and O–H groups in total. The summed E-state index contributed by atoms with van der Waals surface area (Å²) in [5.41, 5.74) is 1.52. The molecule has 0 aromatic heterocycles. The van der Waals surface area contributed by atoms with E-state index in [4.69, 9.17) is 10.00 Å². The fourth-order valence-corrected chi connectivity index (χ4v) is 2.03. The highest BCUT2D eigenvalue weighted by molar-refractivity contribution is 5.63. The highest BCUT2D eigenvalue weighted by Gasteiger charge is 2.30. The van der Waals surface area contributed by atoms with Crippen molar-refractivity contribution in [2.75, 3.05) is 18.6 Å². The number of rotatable bonds is 5. The highest BCUT2D eigenvalue weighted by Crippen LogP contribution is 2.35. The number of methoxy groups -OCH3 is 1. The summed E-state index contributed by atoms with van der Waals surface area (Å²) in [5.74, 6) is 0.742. The van der Waals surface area contributed by atoms with E-state index in [1.807, 2.05) is 6.07 Å². The van der Waals surface area contributed by atoms with Crippen molar-refractivity contribution in [1.29, 1.82) is 10.5 Å². The van der Waals surface area contributed by atoms with Crippen molar-refractivity contribution in [3.8, 4) is 17.9 Å². The number of hydrogen-bond acceptors (Lipinski definition) is 4. The molecule has 92 valence electrons. The van der Waals surface area contributed by atoms with Crippen LogP contribution in [0.4, 0.5) is 5.69 Å². The Hall–Kier alpha value is -2.20. The van der Waals surface area contributed by atoms with E-state index < -0.39 is 0 Å². The molecule has 0 amide bonds. The summed E-state index contributed by atoms with van der Waals surface area (Å²) in [5, 5.41) is 17.9. The first-order chi connectivity index (χ1) is 8.80. The van der Waals surface area contributed by atoms with Crippen LogP contribution in [-0.4, -0.2) is 19.7 Å². The minimum atomic E-state index is 0.470. The maximum absolute atomic E-state index is 9.18. The molecule has 0 aliphatic heterocycles. The average Bonchev–Trinajstić information content (AvgIpc) is 3.23. The van der Waals surface area contributed by atoms with Crippen LogP contribution in [0.25, 0.3) is 0 Å². The van der Waals surface area contributed by atoms with Crippen molar-refractivity contribution in [3.05, 3.63) is 23.8 Å². The molecule has 0 bridgehead atoms. The van der Waals surface area contributed by atoms with Gasteiger partial charge in [-0.1, -0.05) is 0 Å². The SMILES string of the molecule is COc1ccc(C#N)c(N(CCC#N)C2CC2)c1. The van der Waals surface area contributed by atoms with E-state index in [-0.39, 0.29) is 0 Å². The Kier molecular flexibility index (Phi) is 3.69. The summed E-state index contributed by atoms with van der Waals surface area (Å²) in [6.07, 6.45) is 2.74. The molecule has 1 aromatic rings. The van der Waals surface area contributed by atoms with Crippen molar-refractivity contribution in [2.45, 2.75) is 25.3 Å². The van der Waals surface area contributed by atoms with Crippen LogP contribution < -0.4 is 9.64 Å². The van der Waals surface area contributed by atoms with E-state index in [2.05, 4.69) is 17.0 Å². The van der Waals surface area contributed by atoms with Crippen molar-refractivity contribution in [3.63, 3.8) is 0 Å². The molecule has 0 spiro atoms. The molecule has 4 nitrogen and oxygen atoms in total. The third-order valence-corrected chi connectivity index (χ3v) is 3.09. The van der Waals surface area contributed by atoms with E-state index in [0.717, 1.165) is 24.3 Å². The lowest BCUT2D eigenvalue weighted by Crippen LogP contribution is -2.27. The molecule has 2 rings (SSSR count). The van der Waals surface area contributed by atoms with Crippen LogP contribution in [0.15, 0.2) is 18.2 Å². The van der Waals surface area contributed by atoms with Gasteiger partial charge in [0.15, 0.2) is 0 Å². The van der Waals surface area contributed by atoms with Gasteiger partial charge in [-0.2, -0.15) is 10.5 Å². The summed E-state index contributed by atoms with van der Waals surface area (Å²) < 4.78 is 5.21. The lowest BCUT2D eigenvalue weighted by Gasteiger charge is -2.25. The van der Waals surface area contributed by atoms with E-state index in [0.29, 0.717) is 24.6 Å². The molecule has 4 heteroatoms. The number of hydrogen-bond donors (Lipinski definition) is 0. The molecule has 1 aliphatic rings. The zero-order chi connectivity index (χ0) is 13.0. The molecular formula is C14H15N3O. The molecule has 1 fully saturated rings. The molecule has 0 atom stereocenters. The Balaban J connectivity index is 2.33. The van der Waals surface area contributed by atoms with Crippen LogP contribution in [-0.2, 0) is 0 Å². The molecule has 0 heterocycles. The Morgan fingerprint density at radius 1 is 1.39 bits per heavy atom. The number of anilines is 1. The van der Waals surface area contributed by atoms with Crippen LogP contribution in [0, 0.1) is 22.7 Å². The van der Waals surface area contributed by atoms with Gasteiger partial charge in [-0.25, -0.2) is 0 Å². The minimum Gasteiger partial charge on any atom is -0.497 e. The Morgan fingerprint density at radius 3 is 2.72 bits per heavy atom. The van der Waals surface area contributed by atoms with Crippen LogP contribution in [0.1, 0.15) is 24.8 Å². The lowest BCUT2D eigenvalue weighted by molar-refractivity contribution is 0.414. The maximum Gasteiger partial charge on any atom is 0.121 e. The van der Waals surface area contributed by atoms with Gasteiger partial charge >= 0.3 is 0 Å². The normalized spacial score (nSPS) is 13.5. The number of nitrogens with zero attached hydrogens (tertiary/aromatic N) is 3. The van der Waals surface area contributed by atoms with E-state index in [9.17, 15) is 5.26 Å². The lowest BCUT2D eigenvalue weighted by atomic mass is 10.1. The van der Waals surface area contributed by atoms with E-state index in [1.165, 1.54) is 0 Å². The van der Waals surface area contributed by atoms with Crippen molar-refractivity contribution in [2.24, 2.45) is 0 Å². The third kappa shape index (κ3) is 2.55. The average molecular weight is 241 g/mol. The highest BCUT2D eigenvalue weighted by atomic mass is 16.5. The van der Waals surface area contributed by atoms with Crippen LogP contribution in [0.5, 0.6) is 5.75 Å². The first-order valence-corrected chi connectivity index (χ1v) is 6.02. The Morgan fingerprint density at radius 2 is 2.17 bits per heavy atom. The van der Waals surface area contributed by atoms with Gasteiger partial charge in [0, 0.05) is 18.7 Å². The molecule has 0 saturated heterocycles. The fourth-order valence-electron chi connectivity index (χ4n) is 2.03. The predicted octanol–water partition coefficient (Wildman–Crippen LogP) is 2.45. The van der Waals surface area contributed by atoms with Gasteiger partial charge < -0.3 is 9.64 Å². The second kappa shape index (κ2) is 5.42. The molecular weight excluding hydrogens is 226 g/mol. The molecule has 1 saturated carbocycles. The molecule has 1 aliphatic carbocycles. The van der Waals surface area contributed by atoms with Gasteiger partial charge in [0.1, 0.15) is 11.8 Å². The van der Waals surface area contributed by atoms with Gasteiger partial charge in [-0.15, -0.1) is 0 Å². The summed E-state index contributed by atoms with van der Waals surface area (Å²) in [7, 11) is 1.61. The Bertz CT molecular complexity index is 509. The van der Waals surface area contributed by atoms with E-state index >= 15 is 0 Å². The second-order valence-corrected chi connectivity index (χ2v) is 4.33. The summed E-state index contributed by atoms with van der Waals surface area (Å²) in [4.78, 5) is 2.16. The van der Waals surface area contributed by atoms with Crippen LogP contribution in [0.2, 0.25) is 0 Å². The van der Waals surface area contributed by atoms with Gasteiger partial charge in [0.25, 0.3) is 0 Å². The smallest absolute Gasteiger partial charge is 0.121 e. The standard InChI is InChI=1S/C14H15N3O/c1-18-13-6-3-11(10-16)14(9-13)17(8-2-7-15)12-4-5-12/h3,6,9,12H,2,4-5,8H2,1H3. The molecule has 0 radical (unpaired) electrons. The third-order valence-electron chi connectivity index (χ3n) is 3.09.